The van der Waals surface area contributed by atoms with E-state index in [0.717, 1.165) is 15.9 Å². The molecule has 1 amide bonds. The van der Waals surface area contributed by atoms with Crippen molar-refractivity contribution in [2.24, 2.45) is 5.10 Å². The van der Waals surface area contributed by atoms with Crippen LogP contribution in [0.1, 0.15) is 28.1 Å². The van der Waals surface area contributed by atoms with E-state index in [1.165, 1.54) is 41.1 Å². The fraction of sp³-hybridized carbons (Fsp3) is 0.200. The van der Waals surface area contributed by atoms with Gasteiger partial charge in [0.1, 0.15) is 0 Å². The number of nitrogens with zero attached hydrogens (tertiary/aromatic N) is 3. The van der Waals surface area contributed by atoms with Gasteiger partial charge in [-0.15, -0.1) is 0 Å². The Labute approximate surface area is 250 Å². The Morgan fingerprint density at radius 2 is 1.64 bits per heavy atom. The zero-order valence-electron chi connectivity index (χ0n) is 22.8. The van der Waals surface area contributed by atoms with Crippen LogP contribution < -0.4 is 5.43 Å². The third-order valence-corrected chi connectivity index (χ3v) is 8.97. The van der Waals surface area contributed by atoms with Gasteiger partial charge in [-0.05, 0) is 68.3 Å². The zero-order chi connectivity index (χ0) is 30.5. The molecule has 7 nitrogen and oxygen atoms in total. The topological polar surface area (TPSA) is 83.8 Å². The molecule has 1 heterocycles. The lowest BCUT2D eigenvalue weighted by Gasteiger charge is -2.21. The lowest BCUT2D eigenvalue weighted by Crippen LogP contribution is -2.40. The van der Waals surface area contributed by atoms with Gasteiger partial charge in [0.25, 0.3) is 5.91 Å². The number of benzene rings is 3. The van der Waals surface area contributed by atoms with Crippen LogP contribution in [0.25, 0.3) is 5.69 Å². The number of aromatic nitrogens is 1. The van der Waals surface area contributed by atoms with Gasteiger partial charge in [0, 0.05) is 28.0 Å². The maximum atomic E-state index is 13.6. The third-order valence-electron chi connectivity index (χ3n) is 6.58. The van der Waals surface area contributed by atoms with Crippen LogP contribution >= 0.6 is 15.9 Å². The number of hydrazone groups is 1. The second-order valence-electron chi connectivity index (χ2n) is 9.50. The summed E-state index contributed by atoms with van der Waals surface area (Å²) in [6, 6.07) is 22.4. The normalized spacial score (nSPS) is 12.3. The average Bonchev–Trinajstić information content (AvgIpc) is 3.23. The Kier molecular flexibility index (Phi) is 9.70. The lowest BCUT2D eigenvalue weighted by atomic mass is 10.1. The molecule has 0 aliphatic heterocycles. The van der Waals surface area contributed by atoms with Crippen LogP contribution in [0.3, 0.4) is 0 Å². The highest BCUT2D eigenvalue weighted by atomic mass is 79.9. The predicted molar refractivity (Wildman–Crippen MR) is 159 cm³/mol. The Morgan fingerprint density at radius 1 is 1.00 bits per heavy atom. The van der Waals surface area contributed by atoms with Gasteiger partial charge in [0.2, 0.25) is 10.0 Å². The number of halogens is 4. The first-order chi connectivity index (χ1) is 19.9. The Bertz CT molecular complexity index is 1690. The molecule has 0 saturated heterocycles. The van der Waals surface area contributed by atoms with Gasteiger partial charge in [-0.1, -0.05) is 58.4 Å². The van der Waals surface area contributed by atoms with Crippen LogP contribution in [0, 0.1) is 13.8 Å². The Hall–Kier alpha value is -3.74. The highest BCUT2D eigenvalue weighted by Crippen LogP contribution is 2.35. The van der Waals surface area contributed by atoms with Gasteiger partial charge < -0.3 is 4.57 Å². The molecule has 0 unspecified atom stereocenters. The largest absolute Gasteiger partial charge is 0.418 e. The van der Waals surface area contributed by atoms with Gasteiger partial charge in [0.15, 0.2) is 0 Å². The highest BCUT2D eigenvalue weighted by molar-refractivity contribution is 9.10. The minimum Gasteiger partial charge on any atom is -0.317 e. The minimum atomic E-state index is -4.54. The Balaban J connectivity index is 1.52. The molecular weight excluding hydrogens is 633 g/mol. The molecule has 3 aromatic carbocycles. The highest BCUT2D eigenvalue weighted by Gasteiger charge is 2.34. The van der Waals surface area contributed by atoms with Gasteiger partial charge in [-0.25, -0.2) is 13.8 Å². The number of sulfonamides is 1. The van der Waals surface area contributed by atoms with Crippen molar-refractivity contribution < 1.29 is 26.4 Å². The van der Waals surface area contributed by atoms with E-state index in [4.69, 9.17) is 0 Å². The predicted octanol–water partition coefficient (Wildman–Crippen LogP) is 6.26. The van der Waals surface area contributed by atoms with Crippen molar-refractivity contribution in [2.45, 2.75) is 31.3 Å². The van der Waals surface area contributed by atoms with Gasteiger partial charge >= 0.3 is 6.18 Å². The minimum absolute atomic E-state index is 0.0177. The molecule has 1 aromatic heterocycles. The zero-order valence-corrected chi connectivity index (χ0v) is 25.2. The fourth-order valence-corrected chi connectivity index (χ4v) is 6.17. The summed E-state index contributed by atoms with van der Waals surface area (Å²) >= 11 is 3.29. The van der Waals surface area contributed by atoms with Crippen LogP contribution in [-0.4, -0.2) is 42.5 Å². The van der Waals surface area contributed by atoms with E-state index < -0.39 is 34.2 Å². The number of nitrogens with one attached hydrogen (secondary N) is 1. The molecule has 12 heteroatoms. The monoisotopic (exact) mass is 660 g/mol. The van der Waals surface area contributed by atoms with Crippen LogP contribution in [0.15, 0.2) is 99.4 Å². The number of hydrogen-bond acceptors (Lipinski definition) is 4. The molecule has 0 spiro atoms. The van der Waals surface area contributed by atoms with Crippen LogP contribution in [0.5, 0.6) is 0 Å². The summed E-state index contributed by atoms with van der Waals surface area (Å²) in [7, 11) is -4.01. The molecule has 0 aliphatic carbocycles. The number of amides is 1. The van der Waals surface area contributed by atoms with Crippen molar-refractivity contribution in [3.05, 3.63) is 117 Å². The summed E-state index contributed by atoms with van der Waals surface area (Å²) in [5.74, 6) is -0.670. The second kappa shape index (κ2) is 13.1. The molecule has 1 N–H and O–H groups in total. The number of carbonyl (C=O) groups excluding carboxylic acids is 1. The Morgan fingerprint density at radius 3 is 2.31 bits per heavy atom. The molecule has 0 atom stereocenters. The summed E-state index contributed by atoms with van der Waals surface area (Å²) in [6.07, 6.45) is -2.83. The van der Waals surface area contributed by atoms with E-state index in [0.29, 0.717) is 27.8 Å². The van der Waals surface area contributed by atoms with Crippen molar-refractivity contribution in [3.8, 4) is 5.69 Å². The second-order valence-corrected chi connectivity index (χ2v) is 12.4. The third kappa shape index (κ3) is 7.36. The quantitative estimate of drug-likeness (QED) is 0.161. The molecule has 0 radical (unpaired) electrons. The van der Waals surface area contributed by atoms with Crippen molar-refractivity contribution in [1.29, 1.82) is 0 Å². The van der Waals surface area contributed by atoms with Crippen molar-refractivity contribution >= 4 is 38.1 Å². The van der Waals surface area contributed by atoms with E-state index in [2.05, 4.69) is 26.5 Å². The SMILES string of the molecule is Cc1cc(/C=N/NC(=O)CN(CCc2ccccc2)S(=O)(=O)c2ccc(Br)cc2)c(C)n1-c1ccccc1C(F)(F)F. The van der Waals surface area contributed by atoms with E-state index in [1.807, 2.05) is 30.3 Å². The van der Waals surface area contributed by atoms with Crippen LogP contribution in [-0.2, 0) is 27.4 Å². The summed E-state index contributed by atoms with van der Waals surface area (Å²) < 4.78 is 71.0. The van der Waals surface area contributed by atoms with E-state index >= 15 is 0 Å². The van der Waals surface area contributed by atoms with Crippen LogP contribution in [0.2, 0.25) is 0 Å². The number of aryl methyl sites for hydroxylation is 1. The van der Waals surface area contributed by atoms with E-state index in [-0.39, 0.29) is 17.1 Å². The first kappa shape index (κ1) is 31.2. The number of para-hydroxylation sites is 1. The van der Waals surface area contributed by atoms with E-state index in [9.17, 15) is 26.4 Å². The van der Waals surface area contributed by atoms with Gasteiger partial charge in [-0.2, -0.15) is 22.6 Å². The van der Waals surface area contributed by atoms with Crippen molar-refractivity contribution in [3.63, 3.8) is 0 Å². The van der Waals surface area contributed by atoms with E-state index in [1.54, 1.807) is 32.0 Å². The molecule has 0 saturated carbocycles. The molecule has 4 rings (SSSR count). The molecule has 0 fully saturated rings. The summed E-state index contributed by atoms with van der Waals surface area (Å²) in [4.78, 5) is 12.9. The number of alkyl halides is 3. The summed E-state index contributed by atoms with van der Waals surface area (Å²) in [6.45, 7) is 2.90. The molecular formula is C30H28BrF3N4O3S. The molecule has 0 bridgehead atoms. The average molecular weight is 662 g/mol. The maximum Gasteiger partial charge on any atom is 0.418 e. The maximum absolute atomic E-state index is 13.6. The first-order valence-electron chi connectivity index (χ1n) is 12.8. The number of carbonyl (C=O) groups is 1. The number of hydrogen-bond donors (Lipinski definition) is 1. The first-order valence-corrected chi connectivity index (χ1v) is 15.1. The molecule has 0 aliphatic rings. The summed E-state index contributed by atoms with van der Waals surface area (Å²) in [5.41, 5.74) is 4.00. The smallest absolute Gasteiger partial charge is 0.317 e. The van der Waals surface area contributed by atoms with Gasteiger partial charge in [0.05, 0.1) is 28.9 Å². The van der Waals surface area contributed by atoms with Crippen molar-refractivity contribution in [1.82, 2.24) is 14.3 Å². The van der Waals surface area contributed by atoms with Gasteiger partial charge in [-0.3, -0.25) is 4.79 Å². The lowest BCUT2D eigenvalue weighted by molar-refractivity contribution is -0.137. The molecule has 220 valence electrons. The standard InChI is InChI=1S/C30H28BrF3N4O3S/c1-21-18-24(22(2)38(21)28-11-7-6-10-27(28)30(32,33)34)19-35-36-29(39)20-37(17-16-23-8-4-3-5-9-23)42(40,41)26-14-12-25(31)13-15-26/h3-15,18-19H,16-17,20H2,1-2H3,(H,36,39)/b35-19+. The molecule has 4 aromatic rings. The fourth-order valence-electron chi connectivity index (χ4n) is 4.51. The van der Waals surface area contributed by atoms with Crippen molar-refractivity contribution in [2.75, 3.05) is 13.1 Å². The summed E-state index contributed by atoms with van der Waals surface area (Å²) in [5, 5.41) is 3.97. The van der Waals surface area contributed by atoms with Crippen LogP contribution in [0.4, 0.5) is 13.2 Å². The molecule has 42 heavy (non-hydrogen) atoms. The number of rotatable bonds is 10.